The van der Waals surface area contributed by atoms with Gasteiger partial charge >= 0.3 is 5.97 Å². The number of carboxylic acid groups (broad SMARTS) is 1. The van der Waals surface area contributed by atoms with Gasteiger partial charge in [-0.15, -0.1) is 0 Å². The summed E-state index contributed by atoms with van der Waals surface area (Å²) in [7, 11) is 0. The van der Waals surface area contributed by atoms with Gasteiger partial charge in [0.1, 0.15) is 5.76 Å². The highest BCUT2D eigenvalue weighted by atomic mass is 16.4. The van der Waals surface area contributed by atoms with Crippen LogP contribution in [0.25, 0.3) is 0 Å². The summed E-state index contributed by atoms with van der Waals surface area (Å²) in [5.41, 5.74) is 0.860. The average molecular weight is 398 g/mol. The van der Waals surface area contributed by atoms with Crippen LogP contribution in [0.4, 0.5) is 0 Å². The molecule has 152 valence electrons. The largest absolute Gasteiger partial charge is 0.481 e. The lowest BCUT2D eigenvalue weighted by molar-refractivity contribution is -0.138. The van der Waals surface area contributed by atoms with Crippen molar-refractivity contribution in [2.24, 2.45) is 0 Å². The fourth-order valence-electron chi connectivity index (χ4n) is 3.33. The number of fused-ring (bicyclic) bond motifs is 1. The summed E-state index contributed by atoms with van der Waals surface area (Å²) < 4.78 is 5.20. The lowest BCUT2D eigenvalue weighted by atomic mass is 10.1. The van der Waals surface area contributed by atoms with Gasteiger partial charge in [0.2, 0.25) is 5.91 Å². The van der Waals surface area contributed by atoms with Crippen LogP contribution in [0.15, 0.2) is 47.1 Å². The number of carbonyl (C=O) groups is 4. The molecule has 0 aliphatic carbocycles. The molecule has 3 amide bonds. The summed E-state index contributed by atoms with van der Waals surface area (Å²) >= 11 is 0. The number of hydrogen-bond donors (Lipinski definition) is 2. The Bertz CT molecular complexity index is 871. The zero-order chi connectivity index (χ0) is 20.8. The molecular weight excluding hydrogens is 376 g/mol. The normalized spacial score (nSPS) is 14.0. The molecule has 2 heterocycles. The highest BCUT2D eigenvalue weighted by Gasteiger charge is 2.34. The van der Waals surface area contributed by atoms with E-state index in [0.29, 0.717) is 42.7 Å². The van der Waals surface area contributed by atoms with E-state index in [-0.39, 0.29) is 30.6 Å². The van der Waals surface area contributed by atoms with Gasteiger partial charge < -0.3 is 14.8 Å². The van der Waals surface area contributed by atoms with Gasteiger partial charge in [0.05, 0.1) is 29.9 Å². The summed E-state index contributed by atoms with van der Waals surface area (Å²) in [5.74, 6) is -1.47. The Morgan fingerprint density at radius 3 is 2.28 bits per heavy atom. The van der Waals surface area contributed by atoms with E-state index in [1.54, 1.807) is 36.4 Å². The fourth-order valence-corrected chi connectivity index (χ4v) is 3.33. The van der Waals surface area contributed by atoms with Crippen LogP contribution in [-0.2, 0) is 9.59 Å². The summed E-state index contributed by atoms with van der Waals surface area (Å²) in [6, 6.07) is 9.29. The Kier molecular flexibility index (Phi) is 6.43. The number of hydrogen-bond acceptors (Lipinski definition) is 5. The molecule has 0 saturated carbocycles. The van der Waals surface area contributed by atoms with Gasteiger partial charge in [-0.1, -0.05) is 18.6 Å². The summed E-state index contributed by atoms with van der Waals surface area (Å²) in [5, 5.41) is 11.7. The van der Waals surface area contributed by atoms with Gasteiger partial charge in [-0.3, -0.25) is 24.1 Å². The Labute approximate surface area is 167 Å². The van der Waals surface area contributed by atoms with Gasteiger partial charge in [-0.25, -0.2) is 0 Å². The third-order valence-corrected chi connectivity index (χ3v) is 4.76. The first-order chi connectivity index (χ1) is 14.0. The fraction of sp³-hybridized carbons (Fsp3) is 0.333. The van der Waals surface area contributed by atoms with Crippen LogP contribution in [0, 0.1) is 0 Å². The van der Waals surface area contributed by atoms with Crippen molar-refractivity contribution in [2.75, 3.05) is 6.54 Å². The van der Waals surface area contributed by atoms with Gasteiger partial charge in [0.15, 0.2) is 0 Å². The molecule has 0 unspecified atom stereocenters. The van der Waals surface area contributed by atoms with E-state index in [1.807, 2.05) is 0 Å². The quantitative estimate of drug-likeness (QED) is 0.469. The molecule has 3 rings (SSSR count). The number of imide groups is 1. The summed E-state index contributed by atoms with van der Waals surface area (Å²) in [6.07, 6.45) is 3.20. The molecule has 8 heteroatoms. The second kappa shape index (κ2) is 9.18. The second-order valence-corrected chi connectivity index (χ2v) is 6.85. The minimum atomic E-state index is -1.03. The minimum Gasteiger partial charge on any atom is -0.481 e. The predicted octanol–water partition coefficient (Wildman–Crippen LogP) is 2.77. The van der Waals surface area contributed by atoms with Crippen molar-refractivity contribution in [3.05, 3.63) is 59.5 Å². The molecule has 0 saturated heterocycles. The lowest BCUT2D eigenvalue weighted by Gasteiger charge is -2.15. The first kappa shape index (κ1) is 20.3. The Balaban J connectivity index is 1.40. The standard InChI is InChI=1S/C21H22N2O6/c24-18(22-16(13-19(25)26)17-9-6-12-29-17)10-2-1-5-11-23-20(27)14-7-3-4-8-15(14)21(23)28/h3-4,6-9,12,16H,1-2,5,10-11,13H2,(H,22,24)(H,25,26)/t16-/m0/s1. The summed E-state index contributed by atoms with van der Waals surface area (Å²) in [6.45, 7) is 0.308. The number of unbranched alkanes of at least 4 members (excludes halogenated alkanes) is 2. The van der Waals surface area contributed by atoms with E-state index in [1.165, 1.54) is 11.2 Å². The zero-order valence-corrected chi connectivity index (χ0v) is 15.8. The maximum absolute atomic E-state index is 12.3. The third-order valence-electron chi connectivity index (χ3n) is 4.76. The lowest BCUT2D eigenvalue weighted by Crippen LogP contribution is -2.31. The molecule has 2 aromatic rings. The number of carbonyl (C=O) groups excluding carboxylic acids is 3. The Morgan fingerprint density at radius 1 is 1.00 bits per heavy atom. The number of benzene rings is 1. The molecule has 0 fully saturated rings. The minimum absolute atomic E-state index is 0.221. The molecule has 1 atom stereocenters. The topological polar surface area (TPSA) is 117 Å². The van der Waals surface area contributed by atoms with E-state index in [0.717, 1.165) is 0 Å². The van der Waals surface area contributed by atoms with Gasteiger partial charge in [-0.05, 0) is 37.1 Å². The van der Waals surface area contributed by atoms with Gasteiger partial charge in [0.25, 0.3) is 11.8 Å². The van der Waals surface area contributed by atoms with E-state index < -0.39 is 12.0 Å². The molecule has 1 aliphatic rings. The SMILES string of the molecule is O=C(O)C[C@H](NC(=O)CCCCCN1C(=O)c2ccccc2C1=O)c1ccco1. The van der Waals surface area contributed by atoms with E-state index >= 15 is 0 Å². The second-order valence-electron chi connectivity index (χ2n) is 6.85. The molecule has 8 nitrogen and oxygen atoms in total. The highest BCUT2D eigenvalue weighted by Crippen LogP contribution is 2.23. The molecule has 1 aromatic heterocycles. The van der Waals surface area contributed by atoms with E-state index in [4.69, 9.17) is 9.52 Å². The van der Waals surface area contributed by atoms with Crippen LogP contribution in [0.3, 0.4) is 0 Å². The number of amides is 3. The summed E-state index contributed by atoms with van der Waals surface area (Å²) in [4.78, 5) is 48.9. The number of carboxylic acids is 1. The van der Waals surface area contributed by atoms with Crippen LogP contribution < -0.4 is 5.32 Å². The maximum Gasteiger partial charge on any atom is 0.305 e. The van der Waals surface area contributed by atoms with Crippen molar-refractivity contribution in [3.8, 4) is 0 Å². The van der Waals surface area contributed by atoms with Gasteiger partial charge in [0, 0.05) is 13.0 Å². The van der Waals surface area contributed by atoms with Crippen LogP contribution in [-0.4, -0.2) is 40.2 Å². The molecule has 0 bridgehead atoms. The van der Waals surface area contributed by atoms with Crippen molar-refractivity contribution < 1.29 is 28.7 Å². The average Bonchev–Trinajstić information content (AvgIpc) is 3.30. The van der Waals surface area contributed by atoms with E-state index in [2.05, 4.69) is 5.32 Å². The molecule has 1 aromatic carbocycles. The smallest absolute Gasteiger partial charge is 0.305 e. The molecule has 0 spiro atoms. The van der Waals surface area contributed by atoms with Crippen molar-refractivity contribution >= 4 is 23.7 Å². The molecule has 29 heavy (non-hydrogen) atoms. The van der Waals surface area contributed by atoms with E-state index in [9.17, 15) is 19.2 Å². The first-order valence-corrected chi connectivity index (χ1v) is 9.47. The van der Waals surface area contributed by atoms with Crippen molar-refractivity contribution in [2.45, 2.75) is 38.1 Å². The molecule has 0 radical (unpaired) electrons. The first-order valence-electron chi connectivity index (χ1n) is 9.47. The third kappa shape index (κ3) is 4.90. The van der Waals surface area contributed by atoms with Crippen LogP contribution in [0.2, 0.25) is 0 Å². The van der Waals surface area contributed by atoms with Crippen molar-refractivity contribution in [1.82, 2.24) is 10.2 Å². The Morgan fingerprint density at radius 2 is 1.69 bits per heavy atom. The number of furan rings is 1. The number of nitrogens with one attached hydrogen (secondary N) is 1. The molecule has 1 aliphatic heterocycles. The maximum atomic E-state index is 12.3. The van der Waals surface area contributed by atoms with Crippen molar-refractivity contribution in [3.63, 3.8) is 0 Å². The van der Waals surface area contributed by atoms with Crippen LogP contribution in [0.1, 0.15) is 64.6 Å². The monoisotopic (exact) mass is 398 g/mol. The number of rotatable bonds is 10. The van der Waals surface area contributed by atoms with Crippen molar-refractivity contribution in [1.29, 1.82) is 0 Å². The van der Waals surface area contributed by atoms with Crippen LogP contribution >= 0.6 is 0 Å². The number of nitrogens with zero attached hydrogens (tertiary/aromatic N) is 1. The molecule has 2 N–H and O–H groups in total. The highest BCUT2D eigenvalue weighted by molar-refractivity contribution is 6.21. The van der Waals surface area contributed by atoms with Gasteiger partial charge in [-0.2, -0.15) is 0 Å². The zero-order valence-electron chi connectivity index (χ0n) is 15.8. The molecular formula is C21H22N2O6. The number of aliphatic carboxylic acids is 1. The predicted molar refractivity (Wildman–Crippen MR) is 102 cm³/mol. The van der Waals surface area contributed by atoms with Crippen LogP contribution in [0.5, 0.6) is 0 Å². The Hall–Kier alpha value is -3.42.